The first kappa shape index (κ1) is 10.0. The fourth-order valence-electron chi connectivity index (χ4n) is 0.232. The summed E-state index contributed by atoms with van der Waals surface area (Å²) in [4.78, 5) is 6.00. The Hall–Kier alpha value is -0.960. The maximum Gasteiger partial charge on any atom is 0.431 e. The van der Waals surface area contributed by atoms with Crippen molar-refractivity contribution < 1.29 is 23.1 Å². The second-order valence-electron chi connectivity index (χ2n) is 1.57. The van der Waals surface area contributed by atoms with E-state index >= 15 is 0 Å². The lowest BCUT2D eigenvalue weighted by atomic mass is 10.1. The summed E-state index contributed by atoms with van der Waals surface area (Å²) in [5.41, 5.74) is 0. The molecule has 1 atom stereocenters. The van der Waals surface area contributed by atoms with Crippen LogP contribution in [0.4, 0.5) is 13.2 Å². The topological polar surface area (TPSA) is 61.1 Å². The van der Waals surface area contributed by atoms with Crippen molar-refractivity contribution in [1.29, 1.82) is 5.26 Å². The van der Waals surface area contributed by atoms with Crippen LogP contribution in [-0.2, 0) is 4.79 Å². The molecule has 3 nitrogen and oxygen atoms in total. The fraction of sp³-hybridized carbons (Fsp3) is 0.500. The van der Waals surface area contributed by atoms with Gasteiger partial charge in [0.2, 0.25) is 0 Å². The first-order valence-electron chi connectivity index (χ1n) is 2.16. The zero-order chi connectivity index (χ0) is 9.28. The Morgan fingerprint density at radius 3 is 1.91 bits per heavy atom. The van der Waals surface area contributed by atoms with Gasteiger partial charge in [0, 0.05) is 0 Å². The smallest absolute Gasteiger partial charge is 0.431 e. The van der Waals surface area contributed by atoms with Crippen LogP contribution in [0.2, 0.25) is 0 Å². The molecule has 0 radical (unpaired) electrons. The highest BCUT2D eigenvalue weighted by Gasteiger charge is 2.61. The summed E-state index contributed by atoms with van der Waals surface area (Å²) in [6.45, 7) is 0. The molecule has 0 aliphatic heterocycles. The molecule has 0 saturated carbocycles. The minimum absolute atomic E-state index is 0.459. The number of carboxylic acid groups (broad SMARTS) is 1. The van der Waals surface area contributed by atoms with Gasteiger partial charge >= 0.3 is 17.0 Å². The van der Waals surface area contributed by atoms with E-state index in [1.54, 1.807) is 0 Å². The van der Waals surface area contributed by atoms with E-state index in [4.69, 9.17) is 10.4 Å². The van der Waals surface area contributed by atoms with Crippen LogP contribution in [0.1, 0.15) is 0 Å². The lowest BCUT2D eigenvalue weighted by Gasteiger charge is -2.16. The minimum atomic E-state index is -5.27. The predicted molar refractivity (Wildman–Crippen MR) is 27.9 cm³/mol. The number of carbonyl (C=O) groups is 1. The average Bonchev–Trinajstić information content (AvgIpc) is 1.83. The van der Waals surface area contributed by atoms with E-state index in [1.165, 1.54) is 0 Å². The van der Waals surface area contributed by atoms with Gasteiger partial charge in [-0.1, -0.05) is 11.6 Å². The van der Waals surface area contributed by atoms with Crippen LogP contribution in [0.25, 0.3) is 0 Å². The summed E-state index contributed by atoms with van der Waals surface area (Å²) in [6.07, 6.45) is -5.27. The molecule has 11 heavy (non-hydrogen) atoms. The molecule has 7 heteroatoms. The van der Waals surface area contributed by atoms with Crippen LogP contribution in [-0.4, -0.2) is 22.1 Å². The van der Waals surface area contributed by atoms with E-state index in [9.17, 15) is 18.0 Å². The lowest BCUT2D eigenvalue weighted by molar-refractivity contribution is -0.175. The van der Waals surface area contributed by atoms with E-state index in [0.717, 1.165) is 0 Å². The minimum Gasteiger partial charge on any atom is -0.479 e. The molecule has 0 heterocycles. The van der Waals surface area contributed by atoms with Gasteiger partial charge < -0.3 is 5.11 Å². The molecular weight excluding hydrogens is 186 g/mol. The number of alkyl halides is 4. The number of carboxylic acids is 1. The number of rotatable bonds is 1. The second-order valence-corrected chi connectivity index (χ2v) is 2.14. The Morgan fingerprint density at radius 1 is 1.55 bits per heavy atom. The summed E-state index contributed by atoms with van der Waals surface area (Å²) in [5.74, 6) is -2.42. The van der Waals surface area contributed by atoms with Crippen LogP contribution in [0.5, 0.6) is 0 Å². The van der Waals surface area contributed by atoms with Crippen molar-refractivity contribution in [3.8, 4) is 6.07 Å². The van der Waals surface area contributed by atoms with Crippen LogP contribution in [0.3, 0.4) is 0 Å². The van der Waals surface area contributed by atoms with Crippen molar-refractivity contribution in [1.82, 2.24) is 0 Å². The van der Waals surface area contributed by atoms with Crippen molar-refractivity contribution in [2.45, 2.75) is 11.1 Å². The zero-order valence-electron chi connectivity index (χ0n) is 4.81. The summed E-state index contributed by atoms with van der Waals surface area (Å²) in [6, 6.07) is 0.459. The molecule has 1 unspecified atom stereocenters. The maximum absolute atomic E-state index is 11.6. The zero-order valence-corrected chi connectivity index (χ0v) is 5.57. The predicted octanol–water partition coefficient (Wildman–Crippen LogP) is 1.13. The number of halogens is 4. The van der Waals surface area contributed by atoms with E-state index in [2.05, 4.69) is 11.6 Å². The highest BCUT2D eigenvalue weighted by atomic mass is 35.5. The summed E-state index contributed by atoms with van der Waals surface area (Å²) in [7, 11) is 0. The molecule has 0 aliphatic carbocycles. The van der Waals surface area contributed by atoms with Gasteiger partial charge in [-0.25, -0.2) is 4.79 Å². The Labute approximate surface area is 64.0 Å². The Morgan fingerprint density at radius 2 is 1.91 bits per heavy atom. The number of aliphatic carboxylic acids is 1. The largest absolute Gasteiger partial charge is 0.479 e. The van der Waals surface area contributed by atoms with E-state index in [0.29, 0.717) is 6.07 Å². The Balaban J connectivity index is 4.96. The quantitative estimate of drug-likeness (QED) is 0.626. The normalized spacial score (nSPS) is 16.6. The van der Waals surface area contributed by atoms with Crippen molar-refractivity contribution >= 4 is 17.6 Å². The van der Waals surface area contributed by atoms with Crippen LogP contribution < -0.4 is 0 Å². The third kappa shape index (κ3) is 1.54. The van der Waals surface area contributed by atoms with E-state index in [1.807, 2.05) is 0 Å². The molecule has 0 saturated heterocycles. The van der Waals surface area contributed by atoms with Crippen molar-refractivity contribution in [3.05, 3.63) is 0 Å². The molecule has 0 bridgehead atoms. The van der Waals surface area contributed by atoms with Gasteiger partial charge in [0.05, 0.1) is 0 Å². The van der Waals surface area contributed by atoms with E-state index < -0.39 is 17.0 Å². The first-order valence-corrected chi connectivity index (χ1v) is 2.54. The van der Waals surface area contributed by atoms with E-state index in [-0.39, 0.29) is 0 Å². The highest BCUT2D eigenvalue weighted by Crippen LogP contribution is 2.35. The van der Waals surface area contributed by atoms with Crippen LogP contribution in [0, 0.1) is 11.3 Å². The molecule has 0 fully saturated rings. The van der Waals surface area contributed by atoms with Gasteiger partial charge in [0.25, 0.3) is 0 Å². The van der Waals surface area contributed by atoms with Crippen molar-refractivity contribution in [2.24, 2.45) is 0 Å². The number of hydrogen-bond donors (Lipinski definition) is 1. The molecule has 0 spiro atoms. The molecule has 0 aromatic rings. The van der Waals surface area contributed by atoms with Gasteiger partial charge in [-0.15, -0.1) is 0 Å². The van der Waals surface area contributed by atoms with Gasteiger partial charge in [-0.3, -0.25) is 0 Å². The molecule has 0 rings (SSSR count). The SMILES string of the molecule is N#CC(Cl)(C(=O)O)C(F)(F)F. The van der Waals surface area contributed by atoms with Crippen molar-refractivity contribution in [3.63, 3.8) is 0 Å². The molecular formula is C4HClF3NO2. The molecule has 0 amide bonds. The van der Waals surface area contributed by atoms with Crippen molar-refractivity contribution in [2.75, 3.05) is 0 Å². The molecule has 1 N–H and O–H groups in total. The highest BCUT2D eigenvalue weighted by molar-refractivity contribution is 6.36. The molecule has 0 aromatic carbocycles. The Bertz CT molecular complexity index is 220. The standard InChI is InChI=1S/C4HClF3NO2/c5-3(1-9,2(10)11)4(6,7)8/h(H,10,11). The average molecular weight is 188 g/mol. The number of hydrogen-bond acceptors (Lipinski definition) is 2. The lowest BCUT2D eigenvalue weighted by Crippen LogP contribution is -2.45. The maximum atomic E-state index is 11.6. The number of nitrogens with zero attached hydrogens (tertiary/aromatic N) is 1. The van der Waals surface area contributed by atoms with Crippen LogP contribution in [0.15, 0.2) is 0 Å². The van der Waals surface area contributed by atoms with Gasteiger partial charge in [-0.05, 0) is 0 Å². The molecule has 0 aromatic heterocycles. The third-order valence-electron chi connectivity index (χ3n) is 0.839. The van der Waals surface area contributed by atoms with Crippen LogP contribution >= 0.6 is 11.6 Å². The number of nitriles is 1. The molecule has 0 aliphatic rings. The Kier molecular flexibility index (Phi) is 2.36. The summed E-state index contributed by atoms with van der Waals surface area (Å²) >= 11 is 4.45. The van der Waals surface area contributed by atoms with Gasteiger partial charge in [-0.2, -0.15) is 18.4 Å². The summed E-state index contributed by atoms with van der Waals surface area (Å²) in [5, 5.41) is 15.7. The molecule has 62 valence electrons. The third-order valence-corrected chi connectivity index (χ3v) is 1.30. The summed E-state index contributed by atoms with van der Waals surface area (Å²) < 4.78 is 34.9. The fourth-order valence-corrected chi connectivity index (χ4v) is 0.232. The van der Waals surface area contributed by atoms with Gasteiger partial charge in [0.1, 0.15) is 6.07 Å². The van der Waals surface area contributed by atoms with Gasteiger partial charge in [0.15, 0.2) is 0 Å². The first-order chi connectivity index (χ1) is 4.75. The second kappa shape index (κ2) is 2.58. The monoisotopic (exact) mass is 187 g/mol.